The first-order chi connectivity index (χ1) is 9.62. The first kappa shape index (κ1) is 18.2. The van der Waals surface area contributed by atoms with Crippen LogP contribution in [-0.2, 0) is 9.59 Å². The fourth-order valence-electron chi connectivity index (χ4n) is 3.16. The molecule has 1 saturated carbocycles. The zero-order valence-corrected chi connectivity index (χ0v) is 13.6. The molecule has 0 bridgehead atoms. The quantitative estimate of drug-likeness (QED) is 0.756. The molecule has 0 radical (unpaired) electrons. The van der Waals surface area contributed by atoms with Gasteiger partial charge in [0.15, 0.2) is 0 Å². The Kier molecular flexibility index (Phi) is 7.46. The van der Waals surface area contributed by atoms with E-state index >= 15 is 0 Å². The van der Waals surface area contributed by atoms with Crippen LogP contribution in [0.15, 0.2) is 0 Å². The van der Waals surface area contributed by atoms with Crippen molar-refractivity contribution in [2.24, 2.45) is 5.73 Å². The summed E-state index contributed by atoms with van der Waals surface area (Å²) >= 11 is 0. The highest BCUT2D eigenvalue weighted by molar-refractivity contribution is 5.86. The SMILES string of the molecule is Cl.NC1(C(=O)NCCCN2CCCCCC2=O)CCCC1. The van der Waals surface area contributed by atoms with Crippen LogP contribution in [0, 0.1) is 0 Å². The Balaban J connectivity index is 0.00000220. The third-order valence-corrected chi connectivity index (χ3v) is 4.51. The smallest absolute Gasteiger partial charge is 0.240 e. The number of amides is 2. The van der Waals surface area contributed by atoms with E-state index < -0.39 is 5.54 Å². The average Bonchev–Trinajstić information content (AvgIpc) is 2.78. The minimum Gasteiger partial charge on any atom is -0.354 e. The highest BCUT2D eigenvalue weighted by atomic mass is 35.5. The minimum atomic E-state index is -0.640. The van der Waals surface area contributed by atoms with E-state index in [1.807, 2.05) is 4.90 Å². The maximum absolute atomic E-state index is 12.0. The van der Waals surface area contributed by atoms with E-state index in [9.17, 15) is 9.59 Å². The van der Waals surface area contributed by atoms with Crippen molar-refractivity contribution in [3.05, 3.63) is 0 Å². The van der Waals surface area contributed by atoms with Crippen LogP contribution in [0.25, 0.3) is 0 Å². The van der Waals surface area contributed by atoms with Crippen molar-refractivity contribution in [3.8, 4) is 0 Å². The van der Waals surface area contributed by atoms with Gasteiger partial charge in [-0.1, -0.05) is 19.3 Å². The van der Waals surface area contributed by atoms with Crippen LogP contribution < -0.4 is 11.1 Å². The summed E-state index contributed by atoms with van der Waals surface area (Å²) in [7, 11) is 0. The summed E-state index contributed by atoms with van der Waals surface area (Å²) in [6, 6.07) is 0. The summed E-state index contributed by atoms with van der Waals surface area (Å²) < 4.78 is 0. The molecule has 5 nitrogen and oxygen atoms in total. The molecule has 1 heterocycles. The monoisotopic (exact) mass is 317 g/mol. The molecule has 0 aromatic heterocycles. The van der Waals surface area contributed by atoms with E-state index in [1.165, 1.54) is 0 Å². The molecule has 2 fully saturated rings. The molecule has 2 aliphatic rings. The largest absolute Gasteiger partial charge is 0.354 e. The van der Waals surface area contributed by atoms with Crippen molar-refractivity contribution in [1.82, 2.24) is 10.2 Å². The lowest BCUT2D eigenvalue weighted by atomic mass is 9.98. The van der Waals surface area contributed by atoms with Gasteiger partial charge in [0, 0.05) is 26.1 Å². The molecule has 0 spiro atoms. The van der Waals surface area contributed by atoms with Crippen LogP contribution in [0.2, 0.25) is 0 Å². The number of rotatable bonds is 5. The average molecular weight is 318 g/mol. The van der Waals surface area contributed by atoms with Crippen LogP contribution in [-0.4, -0.2) is 41.9 Å². The lowest BCUT2D eigenvalue weighted by Crippen LogP contribution is -2.52. The van der Waals surface area contributed by atoms with E-state index in [0.29, 0.717) is 13.0 Å². The van der Waals surface area contributed by atoms with Crippen molar-refractivity contribution in [1.29, 1.82) is 0 Å². The molecule has 1 aliphatic carbocycles. The number of carbonyl (C=O) groups is 2. The van der Waals surface area contributed by atoms with Gasteiger partial charge in [-0.15, -0.1) is 12.4 Å². The number of hydrogen-bond donors (Lipinski definition) is 2. The number of nitrogens with one attached hydrogen (secondary N) is 1. The highest BCUT2D eigenvalue weighted by Gasteiger charge is 2.36. The fraction of sp³-hybridized carbons (Fsp3) is 0.867. The molecule has 1 saturated heterocycles. The fourth-order valence-corrected chi connectivity index (χ4v) is 3.16. The molecular weight excluding hydrogens is 290 g/mol. The van der Waals surface area contributed by atoms with Gasteiger partial charge in [-0.2, -0.15) is 0 Å². The Morgan fingerprint density at radius 1 is 1.19 bits per heavy atom. The summed E-state index contributed by atoms with van der Waals surface area (Å²) in [5.74, 6) is 0.247. The molecule has 1 aliphatic heterocycles. The van der Waals surface area contributed by atoms with Gasteiger partial charge in [0.05, 0.1) is 5.54 Å². The summed E-state index contributed by atoms with van der Waals surface area (Å²) in [6.45, 7) is 2.23. The van der Waals surface area contributed by atoms with Gasteiger partial charge in [-0.25, -0.2) is 0 Å². The number of carbonyl (C=O) groups excluding carboxylic acids is 2. The molecule has 6 heteroatoms. The topological polar surface area (TPSA) is 75.4 Å². The normalized spacial score (nSPS) is 21.6. The Labute approximate surface area is 133 Å². The van der Waals surface area contributed by atoms with Crippen molar-refractivity contribution in [3.63, 3.8) is 0 Å². The number of likely N-dealkylation sites (tertiary alicyclic amines) is 1. The summed E-state index contributed by atoms with van der Waals surface area (Å²) in [5.41, 5.74) is 5.45. The Hall–Kier alpha value is -0.810. The molecule has 0 aromatic rings. The molecule has 2 amide bonds. The van der Waals surface area contributed by atoms with Gasteiger partial charge < -0.3 is 16.0 Å². The summed E-state index contributed by atoms with van der Waals surface area (Å²) in [5, 5.41) is 2.93. The number of nitrogens with two attached hydrogens (primary N) is 1. The van der Waals surface area contributed by atoms with Crippen molar-refractivity contribution < 1.29 is 9.59 Å². The molecule has 0 unspecified atom stereocenters. The predicted octanol–water partition coefficient (Wildman–Crippen LogP) is 1.59. The lowest BCUT2D eigenvalue weighted by Gasteiger charge is -2.23. The van der Waals surface area contributed by atoms with Gasteiger partial charge in [0.25, 0.3) is 0 Å². The molecule has 21 heavy (non-hydrogen) atoms. The van der Waals surface area contributed by atoms with Gasteiger partial charge in [-0.05, 0) is 32.1 Å². The standard InChI is InChI=1S/C15H27N3O2.ClH/c16-15(8-3-4-9-15)14(20)17-10-6-12-18-11-5-1-2-7-13(18)19;/h1-12,16H2,(H,17,20);1H. The van der Waals surface area contributed by atoms with Crippen molar-refractivity contribution >= 4 is 24.2 Å². The second kappa shape index (κ2) is 8.59. The second-order valence-corrected chi connectivity index (χ2v) is 6.16. The van der Waals surface area contributed by atoms with E-state index in [0.717, 1.165) is 64.5 Å². The number of hydrogen-bond acceptors (Lipinski definition) is 3. The lowest BCUT2D eigenvalue weighted by molar-refractivity contribution is -0.130. The minimum absolute atomic E-state index is 0. The molecule has 3 N–H and O–H groups in total. The van der Waals surface area contributed by atoms with E-state index in [1.54, 1.807) is 0 Å². The Bertz CT molecular complexity index is 357. The van der Waals surface area contributed by atoms with Gasteiger partial charge >= 0.3 is 0 Å². The van der Waals surface area contributed by atoms with E-state index in [2.05, 4.69) is 5.32 Å². The maximum Gasteiger partial charge on any atom is 0.240 e. The van der Waals surface area contributed by atoms with Crippen LogP contribution in [0.3, 0.4) is 0 Å². The third kappa shape index (κ3) is 5.15. The summed E-state index contributed by atoms with van der Waals surface area (Å²) in [4.78, 5) is 25.8. The van der Waals surface area contributed by atoms with Crippen LogP contribution >= 0.6 is 12.4 Å². The zero-order chi connectivity index (χ0) is 14.4. The molecular formula is C15H28ClN3O2. The Morgan fingerprint density at radius 3 is 2.62 bits per heavy atom. The third-order valence-electron chi connectivity index (χ3n) is 4.51. The van der Waals surface area contributed by atoms with Gasteiger partial charge in [-0.3, -0.25) is 9.59 Å². The van der Waals surface area contributed by atoms with Gasteiger partial charge in [0.1, 0.15) is 0 Å². The van der Waals surface area contributed by atoms with Gasteiger partial charge in [0.2, 0.25) is 11.8 Å². The molecule has 2 rings (SSSR count). The first-order valence-corrected chi connectivity index (χ1v) is 7.97. The second-order valence-electron chi connectivity index (χ2n) is 6.16. The molecule has 122 valence electrons. The highest BCUT2D eigenvalue weighted by Crippen LogP contribution is 2.27. The van der Waals surface area contributed by atoms with Crippen molar-refractivity contribution in [2.45, 2.75) is 63.3 Å². The van der Waals surface area contributed by atoms with Crippen molar-refractivity contribution in [2.75, 3.05) is 19.6 Å². The summed E-state index contributed by atoms with van der Waals surface area (Å²) in [6.07, 6.45) is 8.44. The van der Waals surface area contributed by atoms with Crippen LogP contribution in [0.4, 0.5) is 0 Å². The van der Waals surface area contributed by atoms with E-state index in [-0.39, 0.29) is 24.2 Å². The maximum atomic E-state index is 12.0. The number of halogens is 1. The number of nitrogens with zero attached hydrogens (tertiary/aromatic N) is 1. The first-order valence-electron chi connectivity index (χ1n) is 7.97. The van der Waals surface area contributed by atoms with E-state index in [4.69, 9.17) is 5.73 Å². The predicted molar refractivity (Wildman–Crippen MR) is 85.3 cm³/mol. The van der Waals surface area contributed by atoms with Crippen LogP contribution in [0.1, 0.15) is 57.8 Å². The Morgan fingerprint density at radius 2 is 1.90 bits per heavy atom. The zero-order valence-electron chi connectivity index (χ0n) is 12.7. The molecule has 0 atom stereocenters. The molecule has 0 aromatic carbocycles. The van der Waals surface area contributed by atoms with Crippen LogP contribution in [0.5, 0.6) is 0 Å².